The minimum Gasteiger partial charge on any atom is -0.0829 e. The molecule has 0 saturated heterocycles. The molecule has 2 aromatic carbocycles. The minimum absolute atomic E-state index is 0.119. The van der Waals surface area contributed by atoms with Gasteiger partial charge in [0.2, 0.25) is 0 Å². The van der Waals surface area contributed by atoms with Crippen molar-refractivity contribution in [3.8, 4) is 11.1 Å². The normalized spacial score (nSPS) is 19.3. The Labute approximate surface area is 165 Å². The van der Waals surface area contributed by atoms with Gasteiger partial charge in [0.15, 0.2) is 0 Å². The third-order valence-electron chi connectivity index (χ3n) is 7.02. The monoisotopic (exact) mass is 358 g/mol. The fraction of sp³-hybridized carbons (Fsp3) is 0.481. The van der Waals surface area contributed by atoms with Gasteiger partial charge in [-0.05, 0) is 72.6 Å². The van der Waals surface area contributed by atoms with Crippen molar-refractivity contribution in [3.63, 3.8) is 0 Å². The smallest absolute Gasteiger partial charge is 0.0397 e. The zero-order chi connectivity index (χ0) is 19.0. The third kappa shape index (κ3) is 2.98. The summed E-state index contributed by atoms with van der Waals surface area (Å²) in [4.78, 5) is 0. The van der Waals surface area contributed by atoms with Gasteiger partial charge < -0.3 is 0 Å². The van der Waals surface area contributed by atoms with Crippen molar-refractivity contribution in [1.29, 1.82) is 0 Å². The molecular weight excluding hydrogens is 324 g/mol. The Kier molecular flexibility index (Phi) is 5.01. The van der Waals surface area contributed by atoms with E-state index in [0.29, 0.717) is 0 Å². The van der Waals surface area contributed by atoms with Crippen LogP contribution >= 0.6 is 0 Å². The fourth-order valence-electron chi connectivity index (χ4n) is 5.44. The predicted molar refractivity (Wildman–Crippen MR) is 118 cm³/mol. The molecule has 1 atom stereocenters. The van der Waals surface area contributed by atoms with Gasteiger partial charge in [-0.3, -0.25) is 0 Å². The summed E-state index contributed by atoms with van der Waals surface area (Å²) in [5.74, 6) is 0. The summed E-state index contributed by atoms with van der Waals surface area (Å²) in [6, 6.07) is 9.60. The van der Waals surface area contributed by atoms with Crippen LogP contribution in [0.25, 0.3) is 11.1 Å². The Balaban J connectivity index is 1.76. The maximum Gasteiger partial charge on any atom is 0.0397 e. The molecule has 0 bridgehead atoms. The molecule has 0 heterocycles. The van der Waals surface area contributed by atoms with Crippen LogP contribution < -0.4 is 0 Å². The Hall–Kier alpha value is -1.82. The molecule has 142 valence electrons. The van der Waals surface area contributed by atoms with Crippen LogP contribution in [-0.2, 0) is 11.8 Å². The van der Waals surface area contributed by atoms with E-state index in [4.69, 9.17) is 0 Å². The fourth-order valence-corrected chi connectivity index (χ4v) is 5.44. The van der Waals surface area contributed by atoms with E-state index in [2.05, 4.69) is 64.1 Å². The van der Waals surface area contributed by atoms with E-state index >= 15 is 0 Å². The lowest BCUT2D eigenvalue weighted by Gasteiger charge is -2.34. The van der Waals surface area contributed by atoms with Crippen molar-refractivity contribution in [3.05, 3.63) is 69.8 Å². The molecule has 0 saturated carbocycles. The predicted octanol–water partition coefficient (Wildman–Crippen LogP) is 7.74. The van der Waals surface area contributed by atoms with Gasteiger partial charge in [0.1, 0.15) is 0 Å². The number of hydrogen-bond acceptors (Lipinski definition) is 0. The lowest BCUT2D eigenvalue weighted by atomic mass is 9.68. The molecule has 0 spiro atoms. The summed E-state index contributed by atoms with van der Waals surface area (Å²) in [5, 5.41) is 0. The van der Waals surface area contributed by atoms with E-state index < -0.39 is 0 Å². The molecule has 0 aliphatic heterocycles. The van der Waals surface area contributed by atoms with Gasteiger partial charge in [-0.15, -0.1) is 0 Å². The molecule has 27 heavy (non-hydrogen) atoms. The van der Waals surface area contributed by atoms with Crippen LogP contribution in [0.5, 0.6) is 0 Å². The Morgan fingerprint density at radius 1 is 0.889 bits per heavy atom. The summed E-state index contributed by atoms with van der Waals surface area (Å²) >= 11 is 0. The first-order chi connectivity index (χ1) is 13.1. The van der Waals surface area contributed by atoms with E-state index in [1.54, 1.807) is 16.7 Å². The van der Waals surface area contributed by atoms with Crippen molar-refractivity contribution >= 4 is 0 Å². The van der Waals surface area contributed by atoms with E-state index in [-0.39, 0.29) is 5.41 Å². The highest BCUT2D eigenvalue weighted by atomic mass is 14.5. The van der Waals surface area contributed by atoms with Crippen LogP contribution in [0.1, 0.15) is 85.3 Å². The summed E-state index contributed by atoms with van der Waals surface area (Å²) in [6.45, 7) is 9.15. The molecular formula is C27H34. The molecule has 0 fully saturated rings. The number of rotatable bonds is 7. The second kappa shape index (κ2) is 7.30. The molecule has 0 radical (unpaired) electrons. The van der Waals surface area contributed by atoms with Crippen LogP contribution in [0.15, 0.2) is 36.4 Å². The Morgan fingerprint density at radius 3 is 2.48 bits per heavy atom. The Morgan fingerprint density at radius 2 is 1.67 bits per heavy atom. The van der Waals surface area contributed by atoms with Crippen molar-refractivity contribution in [2.75, 3.05) is 0 Å². The van der Waals surface area contributed by atoms with Crippen molar-refractivity contribution in [2.24, 2.45) is 0 Å². The molecule has 0 heteroatoms. The van der Waals surface area contributed by atoms with E-state index in [1.165, 1.54) is 72.8 Å². The first-order valence-electron chi connectivity index (χ1n) is 11.0. The van der Waals surface area contributed by atoms with Crippen LogP contribution in [-0.4, -0.2) is 0 Å². The molecule has 0 N–H and O–H groups in total. The van der Waals surface area contributed by atoms with E-state index in [1.807, 2.05) is 0 Å². The second-order valence-corrected chi connectivity index (χ2v) is 8.86. The summed E-state index contributed by atoms with van der Waals surface area (Å²) in [5.41, 5.74) is 12.3. The lowest BCUT2D eigenvalue weighted by molar-refractivity contribution is 0.511. The molecule has 4 rings (SSSR count). The number of aryl methyl sites for hydroxylation is 2. The number of fused-ring (bicyclic) bond motifs is 3. The first kappa shape index (κ1) is 18.5. The first-order valence-corrected chi connectivity index (χ1v) is 11.0. The van der Waals surface area contributed by atoms with Crippen molar-refractivity contribution < 1.29 is 0 Å². The van der Waals surface area contributed by atoms with Crippen molar-refractivity contribution in [2.45, 2.75) is 84.5 Å². The molecule has 1 unspecified atom stereocenters. The van der Waals surface area contributed by atoms with Gasteiger partial charge in [0.05, 0.1) is 0 Å². The number of hydrogen-bond donors (Lipinski definition) is 0. The lowest BCUT2D eigenvalue weighted by Crippen LogP contribution is -2.27. The minimum atomic E-state index is 0.119. The molecule has 2 aliphatic rings. The molecule has 0 aromatic heterocycles. The topological polar surface area (TPSA) is 0 Å². The van der Waals surface area contributed by atoms with Gasteiger partial charge in [-0.25, -0.2) is 0 Å². The second-order valence-electron chi connectivity index (χ2n) is 8.86. The zero-order valence-corrected chi connectivity index (χ0v) is 17.6. The van der Waals surface area contributed by atoms with Crippen LogP contribution in [0, 0.1) is 20.8 Å². The Bertz CT molecular complexity index is 883. The molecule has 0 amide bonds. The SMILES string of the molecule is CCCCCCCCC12C=CCc3c(C)c(C)cc(c31)-c1ccc(C)cc12. The standard InChI is InChI=1S/C27H34/c1-5-6-7-8-9-10-15-27-16-11-12-22-21(4)20(3)18-24(26(22)27)23-14-13-19(2)17-25(23)27/h11,13-14,16-18H,5-10,12,15H2,1-4H3. The van der Waals surface area contributed by atoms with Crippen LogP contribution in [0.2, 0.25) is 0 Å². The average molecular weight is 359 g/mol. The van der Waals surface area contributed by atoms with Gasteiger partial charge in [0.25, 0.3) is 0 Å². The molecule has 2 aliphatic carbocycles. The molecule has 2 aromatic rings. The highest BCUT2D eigenvalue weighted by Crippen LogP contribution is 2.56. The number of allylic oxidation sites excluding steroid dienone is 2. The quantitative estimate of drug-likeness (QED) is 0.351. The van der Waals surface area contributed by atoms with Gasteiger partial charge in [0, 0.05) is 5.41 Å². The van der Waals surface area contributed by atoms with E-state index in [9.17, 15) is 0 Å². The van der Waals surface area contributed by atoms with Crippen LogP contribution in [0.4, 0.5) is 0 Å². The number of benzene rings is 2. The largest absolute Gasteiger partial charge is 0.0829 e. The average Bonchev–Trinajstić information content (AvgIpc) is 2.93. The van der Waals surface area contributed by atoms with E-state index in [0.717, 1.165) is 6.42 Å². The van der Waals surface area contributed by atoms with Crippen LogP contribution in [0.3, 0.4) is 0 Å². The maximum absolute atomic E-state index is 2.56. The van der Waals surface area contributed by atoms with Crippen molar-refractivity contribution in [1.82, 2.24) is 0 Å². The highest BCUT2D eigenvalue weighted by Gasteiger charge is 2.44. The molecule has 0 nitrogen and oxygen atoms in total. The third-order valence-corrected chi connectivity index (χ3v) is 7.02. The zero-order valence-electron chi connectivity index (χ0n) is 17.6. The maximum atomic E-state index is 2.56. The van der Waals surface area contributed by atoms with Gasteiger partial charge in [-0.1, -0.05) is 87.4 Å². The van der Waals surface area contributed by atoms with Gasteiger partial charge >= 0.3 is 0 Å². The summed E-state index contributed by atoms with van der Waals surface area (Å²) in [6.07, 6.45) is 15.6. The van der Waals surface area contributed by atoms with Gasteiger partial charge in [-0.2, -0.15) is 0 Å². The number of unbranched alkanes of at least 4 members (excludes halogenated alkanes) is 5. The highest BCUT2D eigenvalue weighted by molar-refractivity contribution is 5.85. The summed E-state index contributed by atoms with van der Waals surface area (Å²) < 4.78 is 0. The summed E-state index contributed by atoms with van der Waals surface area (Å²) in [7, 11) is 0.